The molecule has 0 aromatic heterocycles. The Morgan fingerprint density at radius 1 is 0.824 bits per heavy atom. The van der Waals surface area contributed by atoms with Gasteiger partial charge in [0.2, 0.25) is 0 Å². The summed E-state index contributed by atoms with van der Waals surface area (Å²) >= 11 is 3.57. The highest BCUT2D eigenvalue weighted by Gasteiger charge is 2.17. The molecule has 0 N–H and O–H groups in total. The summed E-state index contributed by atoms with van der Waals surface area (Å²) in [5, 5.41) is 0.0890. The normalized spacial score (nSPS) is 11.6. The van der Waals surface area contributed by atoms with E-state index in [4.69, 9.17) is 4.74 Å². The smallest absolute Gasteiger partial charge is 0.0679 e. The summed E-state index contributed by atoms with van der Waals surface area (Å²) in [4.78, 5) is 2.45. The van der Waals surface area contributed by atoms with E-state index in [0.29, 0.717) is 0 Å². The fraction of sp³-hybridized carbons (Fsp3) is 0.226. The Morgan fingerprint density at radius 3 is 2.15 bits per heavy atom. The molecule has 0 saturated carbocycles. The van der Waals surface area contributed by atoms with Gasteiger partial charge in [0.15, 0.2) is 0 Å². The SMILES string of the molecule is COCCCCC#C/C(=C\C#CCSc1ccccc1)C(Sc1ccccc1)c1ccccc1. The van der Waals surface area contributed by atoms with Gasteiger partial charge < -0.3 is 4.74 Å². The first-order valence-electron chi connectivity index (χ1n) is 11.5. The van der Waals surface area contributed by atoms with Crippen molar-refractivity contribution in [2.24, 2.45) is 0 Å². The molecule has 0 radical (unpaired) electrons. The van der Waals surface area contributed by atoms with Gasteiger partial charge in [0, 0.05) is 41.6 Å². The van der Waals surface area contributed by atoms with Crippen molar-refractivity contribution >= 4 is 23.5 Å². The van der Waals surface area contributed by atoms with Crippen LogP contribution in [0.5, 0.6) is 0 Å². The van der Waals surface area contributed by atoms with E-state index in [0.717, 1.165) is 37.2 Å². The molecular formula is C31H30OS2. The molecular weight excluding hydrogens is 452 g/mol. The van der Waals surface area contributed by atoms with Gasteiger partial charge in [-0.2, -0.15) is 0 Å². The fourth-order valence-electron chi connectivity index (χ4n) is 3.18. The zero-order valence-electron chi connectivity index (χ0n) is 19.6. The lowest BCUT2D eigenvalue weighted by molar-refractivity contribution is 0.193. The van der Waals surface area contributed by atoms with Crippen LogP contribution in [0.3, 0.4) is 0 Å². The van der Waals surface area contributed by atoms with Crippen LogP contribution in [0.1, 0.15) is 30.1 Å². The minimum absolute atomic E-state index is 0.0890. The van der Waals surface area contributed by atoms with E-state index in [1.807, 2.05) is 30.0 Å². The van der Waals surface area contributed by atoms with Crippen LogP contribution in [0.4, 0.5) is 0 Å². The summed E-state index contributed by atoms with van der Waals surface area (Å²) in [6, 6.07) is 31.5. The third-order valence-electron chi connectivity index (χ3n) is 4.90. The molecule has 3 aromatic carbocycles. The third kappa shape index (κ3) is 9.58. The highest BCUT2D eigenvalue weighted by atomic mass is 32.2. The van der Waals surface area contributed by atoms with E-state index in [9.17, 15) is 0 Å². The maximum atomic E-state index is 5.16. The molecule has 34 heavy (non-hydrogen) atoms. The van der Waals surface area contributed by atoms with Gasteiger partial charge in [-0.1, -0.05) is 90.4 Å². The summed E-state index contributed by atoms with van der Waals surface area (Å²) in [6.45, 7) is 0.783. The van der Waals surface area contributed by atoms with E-state index in [-0.39, 0.29) is 5.25 Å². The van der Waals surface area contributed by atoms with E-state index < -0.39 is 0 Å². The van der Waals surface area contributed by atoms with Gasteiger partial charge in [-0.05, 0) is 42.7 Å². The van der Waals surface area contributed by atoms with Gasteiger partial charge in [-0.25, -0.2) is 0 Å². The van der Waals surface area contributed by atoms with Crippen molar-refractivity contribution < 1.29 is 4.74 Å². The molecule has 0 aliphatic rings. The molecule has 1 unspecified atom stereocenters. The molecule has 0 fully saturated rings. The Kier molecular flexibility index (Phi) is 12.1. The lowest BCUT2D eigenvalue weighted by atomic mass is 10.0. The zero-order valence-corrected chi connectivity index (χ0v) is 21.2. The second-order valence-corrected chi connectivity index (χ2v) is 9.72. The molecule has 0 spiro atoms. The molecule has 3 rings (SSSR count). The van der Waals surface area contributed by atoms with Crippen molar-refractivity contribution in [3.8, 4) is 23.7 Å². The van der Waals surface area contributed by atoms with Crippen LogP contribution in [-0.4, -0.2) is 19.5 Å². The van der Waals surface area contributed by atoms with Crippen LogP contribution in [0.15, 0.2) is 112 Å². The van der Waals surface area contributed by atoms with Gasteiger partial charge >= 0.3 is 0 Å². The van der Waals surface area contributed by atoms with E-state index in [1.165, 1.54) is 15.4 Å². The Labute approximate surface area is 213 Å². The largest absolute Gasteiger partial charge is 0.385 e. The average molecular weight is 483 g/mol. The number of hydrogen-bond donors (Lipinski definition) is 0. The average Bonchev–Trinajstić information content (AvgIpc) is 2.90. The van der Waals surface area contributed by atoms with Gasteiger partial charge in [0.1, 0.15) is 0 Å². The highest BCUT2D eigenvalue weighted by molar-refractivity contribution is 8.00. The highest BCUT2D eigenvalue weighted by Crippen LogP contribution is 2.40. The Bertz CT molecular complexity index is 1120. The number of unbranched alkanes of at least 4 members (excludes halogenated alkanes) is 2. The minimum Gasteiger partial charge on any atom is -0.385 e. The monoisotopic (exact) mass is 482 g/mol. The first-order valence-corrected chi connectivity index (χ1v) is 13.3. The van der Waals surface area contributed by atoms with Crippen LogP contribution in [-0.2, 0) is 4.74 Å². The van der Waals surface area contributed by atoms with Crippen molar-refractivity contribution in [3.63, 3.8) is 0 Å². The molecule has 0 heterocycles. The van der Waals surface area contributed by atoms with E-state index in [2.05, 4.69) is 103 Å². The van der Waals surface area contributed by atoms with Crippen molar-refractivity contribution in [3.05, 3.63) is 108 Å². The minimum atomic E-state index is 0.0890. The summed E-state index contributed by atoms with van der Waals surface area (Å²) in [7, 11) is 1.74. The predicted molar refractivity (Wildman–Crippen MR) is 148 cm³/mol. The topological polar surface area (TPSA) is 9.23 Å². The third-order valence-corrected chi connectivity index (χ3v) is 7.10. The quantitative estimate of drug-likeness (QED) is 0.164. The van der Waals surface area contributed by atoms with Crippen LogP contribution in [0, 0.1) is 23.7 Å². The summed E-state index contributed by atoms with van der Waals surface area (Å²) in [6.07, 6.45) is 4.94. The van der Waals surface area contributed by atoms with Gasteiger partial charge in [0.25, 0.3) is 0 Å². The Morgan fingerprint density at radius 2 is 1.47 bits per heavy atom. The lowest BCUT2D eigenvalue weighted by Crippen LogP contribution is -1.98. The predicted octanol–water partition coefficient (Wildman–Crippen LogP) is 8.06. The van der Waals surface area contributed by atoms with E-state index >= 15 is 0 Å². The Balaban J connectivity index is 1.81. The molecule has 0 aliphatic carbocycles. The molecule has 0 bridgehead atoms. The standard InChI is InChI=1S/C31H30OS2/c1-32-25-15-3-2-7-17-28(20-14-16-26-33-29-21-10-5-11-22-29)31(27-18-8-4-9-19-27)34-30-23-12-6-13-24-30/h4-6,8-13,18-24,31H,2-3,15,25-26H2,1H3/b28-20+. The lowest BCUT2D eigenvalue weighted by Gasteiger charge is -2.17. The van der Waals surface area contributed by atoms with Crippen LogP contribution in [0.2, 0.25) is 0 Å². The van der Waals surface area contributed by atoms with E-state index in [1.54, 1.807) is 18.9 Å². The van der Waals surface area contributed by atoms with Crippen molar-refractivity contribution in [2.75, 3.05) is 19.5 Å². The van der Waals surface area contributed by atoms with Crippen molar-refractivity contribution in [1.82, 2.24) is 0 Å². The van der Waals surface area contributed by atoms with Crippen molar-refractivity contribution in [1.29, 1.82) is 0 Å². The number of allylic oxidation sites excluding steroid dienone is 1. The maximum absolute atomic E-state index is 5.16. The molecule has 3 heteroatoms. The number of thioether (sulfide) groups is 2. The molecule has 3 aromatic rings. The summed E-state index contributed by atoms with van der Waals surface area (Å²) < 4.78 is 5.16. The fourth-order valence-corrected chi connectivity index (χ4v) is 4.99. The van der Waals surface area contributed by atoms with Gasteiger partial charge in [-0.15, -0.1) is 23.5 Å². The first kappa shape index (κ1) is 25.8. The molecule has 172 valence electrons. The number of benzene rings is 3. The molecule has 1 nitrogen and oxygen atoms in total. The maximum Gasteiger partial charge on any atom is 0.0679 e. The number of methoxy groups -OCH3 is 1. The molecule has 0 amide bonds. The molecule has 1 atom stereocenters. The molecule has 0 aliphatic heterocycles. The van der Waals surface area contributed by atoms with Gasteiger partial charge in [0.05, 0.1) is 11.0 Å². The molecule has 0 saturated heterocycles. The van der Waals surface area contributed by atoms with Crippen molar-refractivity contribution in [2.45, 2.75) is 34.3 Å². The summed E-state index contributed by atoms with van der Waals surface area (Å²) in [5.41, 5.74) is 2.28. The first-order chi connectivity index (χ1) is 16.9. The second-order valence-electron chi connectivity index (χ2n) is 7.50. The van der Waals surface area contributed by atoms with Gasteiger partial charge in [-0.3, -0.25) is 0 Å². The Hall–Kier alpha value is -2.82. The second kappa shape index (κ2) is 15.9. The van der Waals surface area contributed by atoms with Crippen LogP contribution in [0.25, 0.3) is 0 Å². The number of hydrogen-bond acceptors (Lipinski definition) is 3. The van der Waals surface area contributed by atoms with Crippen LogP contribution >= 0.6 is 23.5 Å². The van der Waals surface area contributed by atoms with Crippen LogP contribution < -0.4 is 0 Å². The summed E-state index contributed by atoms with van der Waals surface area (Å²) in [5.74, 6) is 14.2. The zero-order chi connectivity index (χ0) is 23.7. The number of ether oxygens (including phenoxy) is 1. The number of rotatable bonds is 10.